The lowest BCUT2D eigenvalue weighted by molar-refractivity contribution is -0.131. The van der Waals surface area contributed by atoms with Crippen molar-refractivity contribution in [2.45, 2.75) is 6.92 Å². The minimum atomic E-state index is -0.386. The van der Waals surface area contributed by atoms with Crippen LogP contribution in [0.15, 0.2) is 24.3 Å². The Hall–Kier alpha value is -1.90. The largest absolute Gasteiger partial charge is 0.427 e. The molecule has 0 heterocycles. The van der Waals surface area contributed by atoms with E-state index in [9.17, 15) is 9.59 Å². The van der Waals surface area contributed by atoms with Gasteiger partial charge in [-0.05, 0) is 23.8 Å². The van der Waals surface area contributed by atoms with Crippen LogP contribution >= 0.6 is 0 Å². The summed E-state index contributed by atoms with van der Waals surface area (Å²) in [6, 6.07) is 5.01. The van der Waals surface area contributed by atoms with Gasteiger partial charge in [-0.25, -0.2) is 0 Å². The number of ether oxygens (including phenoxy) is 1. The van der Waals surface area contributed by atoms with Gasteiger partial charge in [0.05, 0.1) is 0 Å². The Labute approximate surface area is 81.0 Å². The third-order valence-electron chi connectivity index (χ3n) is 1.97. The van der Waals surface area contributed by atoms with E-state index < -0.39 is 0 Å². The molecule has 0 unspecified atom stereocenters. The van der Waals surface area contributed by atoms with Crippen LogP contribution in [-0.4, -0.2) is 11.8 Å². The lowest BCUT2D eigenvalue weighted by atomic mass is 10.1. The molecular weight excluding hydrogens is 180 g/mol. The Bertz CT molecular complexity index is 444. The van der Waals surface area contributed by atoms with Crippen molar-refractivity contribution in [1.29, 1.82) is 0 Å². The van der Waals surface area contributed by atoms with Crippen molar-refractivity contribution in [2.24, 2.45) is 0 Å². The molecule has 1 aliphatic carbocycles. The monoisotopic (exact) mass is 188 g/mol. The van der Waals surface area contributed by atoms with Crippen molar-refractivity contribution >= 4 is 17.8 Å². The lowest BCUT2D eigenvalue weighted by Gasteiger charge is -2.02. The summed E-state index contributed by atoms with van der Waals surface area (Å²) >= 11 is 0. The molecule has 0 bridgehead atoms. The zero-order chi connectivity index (χ0) is 10.1. The van der Waals surface area contributed by atoms with Crippen LogP contribution in [-0.2, 0) is 4.79 Å². The first-order chi connectivity index (χ1) is 6.66. The molecule has 70 valence electrons. The van der Waals surface area contributed by atoms with Crippen LogP contribution in [0.3, 0.4) is 0 Å². The van der Waals surface area contributed by atoms with Crippen molar-refractivity contribution in [3.05, 3.63) is 35.4 Å². The summed E-state index contributed by atoms with van der Waals surface area (Å²) in [6.45, 7) is 1.33. The smallest absolute Gasteiger partial charge is 0.308 e. The molecule has 14 heavy (non-hydrogen) atoms. The van der Waals surface area contributed by atoms with Crippen molar-refractivity contribution in [1.82, 2.24) is 0 Å². The molecule has 0 aliphatic heterocycles. The molecule has 0 fully saturated rings. The van der Waals surface area contributed by atoms with Gasteiger partial charge < -0.3 is 4.74 Å². The van der Waals surface area contributed by atoms with E-state index in [1.165, 1.54) is 13.0 Å². The number of allylic oxidation sites excluding steroid dienone is 1. The van der Waals surface area contributed by atoms with Gasteiger partial charge in [-0.15, -0.1) is 0 Å². The van der Waals surface area contributed by atoms with Crippen molar-refractivity contribution in [3.8, 4) is 5.75 Å². The van der Waals surface area contributed by atoms with Crippen molar-refractivity contribution in [3.63, 3.8) is 0 Å². The maximum absolute atomic E-state index is 11.3. The van der Waals surface area contributed by atoms with E-state index >= 15 is 0 Å². The molecule has 2 rings (SSSR count). The topological polar surface area (TPSA) is 43.4 Å². The Morgan fingerprint density at radius 3 is 2.79 bits per heavy atom. The fourth-order valence-corrected chi connectivity index (χ4v) is 1.38. The molecule has 0 saturated heterocycles. The zero-order valence-corrected chi connectivity index (χ0v) is 7.61. The molecule has 0 aromatic heterocycles. The molecule has 0 spiro atoms. The summed E-state index contributed by atoms with van der Waals surface area (Å²) in [7, 11) is 0. The van der Waals surface area contributed by atoms with E-state index in [4.69, 9.17) is 4.74 Å². The number of rotatable bonds is 1. The predicted octanol–water partition coefficient (Wildman–Crippen LogP) is 1.82. The van der Waals surface area contributed by atoms with Gasteiger partial charge in [0.1, 0.15) is 5.75 Å². The van der Waals surface area contributed by atoms with Crippen molar-refractivity contribution < 1.29 is 14.3 Å². The number of hydrogen-bond donors (Lipinski definition) is 0. The van der Waals surface area contributed by atoms with E-state index in [2.05, 4.69) is 0 Å². The van der Waals surface area contributed by atoms with E-state index in [-0.39, 0.29) is 11.8 Å². The third-order valence-corrected chi connectivity index (χ3v) is 1.97. The first-order valence-corrected chi connectivity index (χ1v) is 4.22. The summed E-state index contributed by atoms with van der Waals surface area (Å²) in [5, 5.41) is 0. The average molecular weight is 188 g/mol. The number of fused-ring (bicyclic) bond motifs is 1. The molecule has 1 aromatic carbocycles. The summed E-state index contributed by atoms with van der Waals surface area (Å²) in [5.74, 6) is -0.0225. The highest BCUT2D eigenvalue weighted by molar-refractivity contribution is 6.13. The molecule has 0 N–H and O–H groups in total. The number of ketones is 1. The van der Waals surface area contributed by atoms with Gasteiger partial charge in [0.25, 0.3) is 0 Å². The second-order valence-electron chi connectivity index (χ2n) is 3.04. The highest BCUT2D eigenvalue weighted by Crippen LogP contribution is 2.24. The summed E-state index contributed by atoms with van der Waals surface area (Å²) in [6.07, 6.45) is 3.25. The minimum absolute atomic E-state index is 0.0472. The van der Waals surface area contributed by atoms with Gasteiger partial charge in [-0.3, -0.25) is 9.59 Å². The first-order valence-electron chi connectivity index (χ1n) is 4.22. The van der Waals surface area contributed by atoms with Crippen LogP contribution in [0.2, 0.25) is 0 Å². The Balaban J connectivity index is 2.37. The predicted molar refractivity (Wildman–Crippen MR) is 51.1 cm³/mol. The molecule has 0 amide bonds. The van der Waals surface area contributed by atoms with E-state index in [0.29, 0.717) is 11.3 Å². The number of carbonyl (C=O) groups excluding carboxylic acids is 2. The number of carbonyl (C=O) groups is 2. The Morgan fingerprint density at radius 2 is 2.07 bits per heavy atom. The molecule has 1 aliphatic rings. The molecule has 1 aromatic rings. The van der Waals surface area contributed by atoms with Gasteiger partial charge in [-0.1, -0.05) is 12.1 Å². The molecular formula is C11H8O3. The number of hydrogen-bond acceptors (Lipinski definition) is 3. The van der Waals surface area contributed by atoms with Gasteiger partial charge >= 0.3 is 5.97 Å². The zero-order valence-electron chi connectivity index (χ0n) is 7.61. The lowest BCUT2D eigenvalue weighted by Crippen LogP contribution is -2.02. The van der Waals surface area contributed by atoms with Crippen LogP contribution in [0.25, 0.3) is 6.08 Å². The van der Waals surface area contributed by atoms with Gasteiger partial charge in [0.2, 0.25) is 0 Å². The highest BCUT2D eigenvalue weighted by atomic mass is 16.5. The van der Waals surface area contributed by atoms with Gasteiger partial charge in [-0.2, -0.15) is 0 Å². The molecule has 3 nitrogen and oxygen atoms in total. The molecule has 3 heteroatoms. The maximum atomic E-state index is 11.3. The van der Waals surface area contributed by atoms with Crippen LogP contribution in [0.4, 0.5) is 0 Å². The van der Waals surface area contributed by atoms with Crippen LogP contribution in [0.5, 0.6) is 5.75 Å². The molecule has 0 atom stereocenters. The van der Waals surface area contributed by atoms with Crippen LogP contribution in [0.1, 0.15) is 22.8 Å². The first kappa shape index (κ1) is 8.69. The molecule has 0 radical (unpaired) electrons. The standard InChI is InChI=1S/C11H8O3/c1-7(12)14-9-4-2-8-3-5-11(13)10(8)6-9/h2-6H,1H3. The van der Waals surface area contributed by atoms with E-state index in [1.807, 2.05) is 0 Å². The summed E-state index contributed by atoms with van der Waals surface area (Å²) in [5.41, 5.74) is 1.45. The highest BCUT2D eigenvalue weighted by Gasteiger charge is 2.14. The third kappa shape index (κ3) is 1.44. The van der Waals surface area contributed by atoms with E-state index in [1.54, 1.807) is 24.3 Å². The Morgan fingerprint density at radius 1 is 1.29 bits per heavy atom. The fourth-order valence-electron chi connectivity index (χ4n) is 1.38. The average Bonchev–Trinajstić information content (AvgIpc) is 2.47. The molecule has 0 saturated carbocycles. The SMILES string of the molecule is CC(=O)Oc1ccc2c(c1)C(=O)C=C2. The van der Waals surface area contributed by atoms with E-state index in [0.717, 1.165) is 5.56 Å². The number of esters is 1. The van der Waals surface area contributed by atoms with Crippen molar-refractivity contribution in [2.75, 3.05) is 0 Å². The maximum Gasteiger partial charge on any atom is 0.308 e. The summed E-state index contributed by atoms with van der Waals surface area (Å²) in [4.78, 5) is 21.9. The van der Waals surface area contributed by atoms with Crippen LogP contribution in [0, 0.1) is 0 Å². The minimum Gasteiger partial charge on any atom is -0.427 e. The normalized spacial score (nSPS) is 12.8. The fraction of sp³-hybridized carbons (Fsp3) is 0.0909. The van der Waals surface area contributed by atoms with Gasteiger partial charge in [0, 0.05) is 12.5 Å². The number of benzene rings is 1. The Kier molecular flexibility index (Phi) is 1.93. The van der Waals surface area contributed by atoms with Crippen LogP contribution < -0.4 is 4.74 Å². The summed E-state index contributed by atoms with van der Waals surface area (Å²) < 4.78 is 4.87. The second-order valence-corrected chi connectivity index (χ2v) is 3.04. The van der Waals surface area contributed by atoms with Gasteiger partial charge in [0.15, 0.2) is 5.78 Å². The second kappa shape index (κ2) is 3.10. The quantitative estimate of drug-likeness (QED) is 0.498.